The van der Waals surface area contributed by atoms with Crippen LogP contribution in [0.15, 0.2) is 0 Å². The summed E-state index contributed by atoms with van der Waals surface area (Å²) in [5, 5.41) is 11.9. The molecular weight excluding hydrogens is 316 g/mol. The molecule has 0 aromatic heterocycles. The van der Waals surface area contributed by atoms with Crippen molar-refractivity contribution < 1.29 is 19.2 Å². The lowest BCUT2D eigenvalue weighted by molar-refractivity contribution is -0.816. The molecule has 0 unspecified atom stereocenters. The number of carbonyl (C=O) groups is 2. The number of amides is 2. The van der Waals surface area contributed by atoms with Crippen LogP contribution in [0.1, 0.15) is 90.4 Å². The van der Waals surface area contributed by atoms with Gasteiger partial charge in [-0.2, -0.15) is 4.79 Å². The number of unbranched alkanes of at least 4 members (excludes halogenated alkanes) is 10. The summed E-state index contributed by atoms with van der Waals surface area (Å²) >= 11 is 0. The largest absolute Gasteiger partial charge is 0.513 e. The minimum atomic E-state index is -0.840. The summed E-state index contributed by atoms with van der Waals surface area (Å²) in [6.45, 7) is 3.33. The van der Waals surface area contributed by atoms with Crippen LogP contribution in [0.25, 0.3) is 0 Å². The molecule has 2 amide bonds. The molecule has 0 atom stereocenters. The van der Waals surface area contributed by atoms with Crippen LogP contribution in [-0.4, -0.2) is 48.8 Å². The highest BCUT2D eigenvalue weighted by Gasteiger charge is 2.24. The smallest absolute Gasteiger partial charge is 0.435 e. The van der Waals surface area contributed by atoms with Gasteiger partial charge in [-0.15, -0.1) is 0 Å². The highest BCUT2D eigenvalue weighted by atomic mass is 16.4. The third-order valence-electron chi connectivity index (χ3n) is 4.74. The van der Waals surface area contributed by atoms with Crippen molar-refractivity contribution in [3.05, 3.63) is 0 Å². The van der Waals surface area contributed by atoms with Crippen molar-refractivity contribution in [3.8, 4) is 0 Å². The van der Waals surface area contributed by atoms with E-state index in [1.807, 2.05) is 0 Å². The predicted octanol–water partition coefficient (Wildman–Crippen LogP) is 4.95. The predicted molar refractivity (Wildman–Crippen MR) is 104 cm³/mol. The van der Waals surface area contributed by atoms with Gasteiger partial charge in [0.1, 0.15) is 0 Å². The van der Waals surface area contributed by atoms with Crippen LogP contribution < -0.4 is 5.32 Å². The zero-order chi connectivity index (χ0) is 19.0. The van der Waals surface area contributed by atoms with Gasteiger partial charge in [-0.25, -0.2) is 4.48 Å². The Morgan fingerprint density at radius 1 is 0.800 bits per heavy atom. The maximum absolute atomic E-state index is 11.7. The fourth-order valence-corrected chi connectivity index (χ4v) is 2.84. The van der Waals surface area contributed by atoms with Crippen molar-refractivity contribution in [2.24, 2.45) is 0 Å². The molecular formula is C20H41N2O3+. The number of hydrogen-bond donors (Lipinski definition) is 2. The van der Waals surface area contributed by atoms with E-state index in [0.29, 0.717) is 25.9 Å². The third kappa shape index (κ3) is 14.9. The van der Waals surface area contributed by atoms with E-state index >= 15 is 0 Å². The lowest BCUT2D eigenvalue weighted by atomic mass is 10.1. The van der Waals surface area contributed by atoms with Crippen LogP contribution >= 0.6 is 0 Å². The van der Waals surface area contributed by atoms with E-state index in [-0.39, 0.29) is 10.4 Å². The van der Waals surface area contributed by atoms with E-state index in [9.17, 15) is 9.59 Å². The molecule has 5 heteroatoms. The third-order valence-corrected chi connectivity index (χ3v) is 4.74. The molecule has 0 saturated heterocycles. The number of quaternary nitrogens is 1. The standard InChI is InChI=1S/C20H40N2O3/c1-4-5-6-7-8-9-10-11-12-13-14-16-19(23)21-17-15-18-22(2,3)20(24)25/h4-18H2,1-3H3,(H-,21,23,24,25)/p+1. The highest BCUT2D eigenvalue weighted by Crippen LogP contribution is 2.11. The van der Waals surface area contributed by atoms with Gasteiger partial charge in [0.05, 0.1) is 20.6 Å². The number of nitrogens with one attached hydrogen (secondary N) is 1. The lowest BCUT2D eigenvalue weighted by Crippen LogP contribution is -2.46. The molecule has 0 rings (SSSR count). The minimum absolute atomic E-state index is 0.0610. The van der Waals surface area contributed by atoms with Crippen molar-refractivity contribution >= 4 is 12.0 Å². The average molecular weight is 358 g/mol. The Morgan fingerprint density at radius 3 is 1.76 bits per heavy atom. The van der Waals surface area contributed by atoms with Gasteiger partial charge in [-0.1, -0.05) is 71.1 Å². The molecule has 0 aliphatic rings. The molecule has 0 aliphatic carbocycles. The van der Waals surface area contributed by atoms with Crippen LogP contribution in [0, 0.1) is 0 Å². The molecule has 25 heavy (non-hydrogen) atoms. The SMILES string of the molecule is CCCCCCCCCCCCCC(=O)NCCC[N+](C)(C)C(=O)O. The van der Waals surface area contributed by atoms with E-state index in [2.05, 4.69) is 12.2 Å². The van der Waals surface area contributed by atoms with E-state index in [1.165, 1.54) is 57.8 Å². The summed E-state index contributed by atoms with van der Waals surface area (Å²) in [5.41, 5.74) is 0. The summed E-state index contributed by atoms with van der Waals surface area (Å²) in [5.74, 6) is 0.0940. The first-order chi connectivity index (χ1) is 11.9. The summed E-state index contributed by atoms with van der Waals surface area (Å²) in [6, 6.07) is 0. The number of carbonyl (C=O) groups excluding carboxylic acids is 1. The van der Waals surface area contributed by atoms with E-state index in [1.54, 1.807) is 14.1 Å². The Hall–Kier alpha value is -1.10. The molecule has 0 fully saturated rings. The van der Waals surface area contributed by atoms with Gasteiger partial charge in [0.2, 0.25) is 5.91 Å². The first kappa shape index (κ1) is 23.9. The second-order valence-corrected chi connectivity index (χ2v) is 7.68. The second kappa shape index (κ2) is 15.2. The molecule has 0 aromatic rings. The monoisotopic (exact) mass is 357 g/mol. The Labute approximate surface area is 154 Å². The minimum Gasteiger partial charge on any atom is -0.435 e. The van der Waals surface area contributed by atoms with Gasteiger partial charge in [-0.3, -0.25) is 4.79 Å². The van der Waals surface area contributed by atoms with Crippen molar-refractivity contribution in [2.75, 3.05) is 27.2 Å². The molecule has 0 heterocycles. The van der Waals surface area contributed by atoms with Crippen molar-refractivity contribution in [1.82, 2.24) is 5.32 Å². The van der Waals surface area contributed by atoms with Gasteiger partial charge in [0.15, 0.2) is 0 Å². The van der Waals surface area contributed by atoms with Gasteiger partial charge in [0, 0.05) is 19.4 Å². The summed E-state index contributed by atoms with van der Waals surface area (Å²) in [4.78, 5) is 22.7. The molecule has 5 nitrogen and oxygen atoms in total. The fourth-order valence-electron chi connectivity index (χ4n) is 2.84. The Balaban J connectivity index is 3.35. The second-order valence-electron chi connectivity index (χ2n) is 7.68. The summed E-state index contributed by atoms with van der Waals surface area (Å²) < 4.78 is -0.0610. The fraction of sp³-hybridized carbons (Fsp3) is 0.900. The van der Waals surface area contributed by atoms with Crippen LogP contribution in [0.4, 0.5) is 4.79 Å². The average Bonchev–Trinajstić information content (AvgIpc) is 2.56. The molecule has 148 valence electrons. The number of carboxylic acid groups (broad SMARTS) is 1. The van der Waals surface area contributed by atoms with Crippen LogP contribution in [0.5, 0.6) is 0 Å². The lowest BCUT2D eigenvalue weighted by Gasteiger charge is -2.22. The Kier molecular flexibility index (Phi) is 14.5. The quantitative estimate of drug-likeness (QED) is 0.303. The normalized spacial score (nSPS) is 11.5. The maximum atomic E-state index is 11.7. The molecule has 0 saturated carbocycles. The maximum Gasteiger partial charge on any atom is 0.513 e. The van der Waals surface area contributed by atoms with E-state index in [4.69, 9.17) is 5.11 Å². The number of nitrogens with zero attached hydrogens (tertiary/aromatic N) is 1. The molecule has 2 N–H and O–H groups in total. The molecule has 0 aromatic carbocycles. The highest BCUT2D eigenvalue weighted by molar-refractivity contribution is 5.75. The van der Waals surface area contributed by atoms with E-state index < -0.39 is 6.09 Å². The zero-order valence-electron chi connectivity index (χ0n) is 16.8. The molecule has 0 bridgehead atoms. The van der Waals surface area contributed by atoms with Crippen molar-refractivity contribution in [3.63, 3.8) is 0 Å². The van der Waals surface area contributed by atoms with Crippen LogP contribution in [0.2, 0.25) is 0 Å². The van der Waals surface area contributed by atoms with Gasteiger partial charge < -0.3 is 10.4 Å². The Bertz CT molecular complexity index is 357. The Morgan fingerprint density at radius 2 is 1.28 bits per heavy atom. The number of hydrogen-bond acceptors (Lipinski definition) is 2. The zero-order valence-corrected chi connectivity index (χ0v) is 16.8. The van der Waals surface area contributed by atoms with E-state index in [0.717, 1.165) is 12.8 Å². The first-order valence-corrected chi connectivity index (χ1v) is 10.2. The molecule has 0 spiro atoms. The van der Waals surface area contributed by atoms with Crippen LogP contribution in [0.3, 0.4) is 0 Å². The summed E-state index contributed by atoms with van der Waals surface area (Å²) in [6.07, 6.45) is 14.6. The van der Waals surface area contributed by atoms with Gasteiger partial charge in [0.25, 0.3) is 0 Å². The molecule has 0 aliphatic heterocycles. The number of rotatable bonds is 16. The summed E-state index contributed by atoms with van der Waals surface area (Å²) in [7, 11) is 3.32. The molecule has 0 radical (unpaired) electrons. The van der Waals surface area contributed by atoms with Crippen molar-refractivity contribution in [1.29, 1.82) is 0 Å². The van der Waals surface area contributed by atoms with Gasteiger partial charge in [-0.05, 0) is 6.42 Å². The van der Waals surface area contributed by atoms with Crippen LogP contribution in [-0.2, 0) is 4.79 Å². The van der Waals surface area contributed by atoms with Crippen molar-refractivity contribution in [2.45, 2.75) is 90.4 Å². The first-order valence-electron chi connectivity index (χ1n) is 10.2. The van der Waals surface area contributed by atoms with Gasteiger partial charge >= 0.3 is 6.09 Å². The topological polar surface area (TPSA) is 66.4 Å².